The highest BCUT2D eigenvalue weighted by Crippen LogP contribution is 2.35. The minimum Gasteiger partial charge on any atom is -0.465 e. The molecule has 2 heterocycles. The number of carbonyl (C=O) groups is 1. The van der Waals surface area contributed by atoms with Crippen molar-refractivity contribution in [1.82, 2.24) is 9.38 Å². The van der Waals surface area contributed by atoms with Crippen molar-refractivity contribution in [2.24, 2.45) is 0 Å². The third kappa shape index (κ3) is 2.38. The van der Waals surface area contributed by atoms with Gasteiger partial charge in [0, 0.05) is 10.7 Å². The fourth-order valence-electron chi connectivity index (χ4n) is 2.14. The molecular formula is C15H9BrClFN2O2. The van der Waals surface area contributed by atoms with Gasteiger partial charge in [0.25, 0.3) is 0 Å². The highest BCUT2D eigenvalue weighted by Gasteiger charge is 2.19. The standard InChI is InChI=1S/C15H9BrClFN2O2/c1-22-15(21)8-5-6-20-11(7-8)19-13(14(20)17)12-9(16)3-2-4-10(12)18/h2-7H,1H3. The Morgan fingerprint density at radius 2 is 2.18 bits per heavy atom. The number of aromatic nitrogens is 2. The van der Waals surface area contributed by atoms with Crippen LogP contribution in [-0.2, 0) is 4.74 Å². The van der Waals surface area contributed by atoms with Gasteiger partial charge in [-0.3, -0.25) is 4.40 Å². The summed E-state index contributed by atoms with van der Waals surface area (Å²) in [5, 5.41) is 0.261. The minimum atomic E-state index is -0.477. The number of carbonyl (C=O) groups excluding carboxylic acids is 1. The molecule has 0 unspecified atom stereocenters. The summed E-state index contributed by atoms with van der Waals surface area (Å²) in [4.78, 5) is 15.9. The molecule has 1 aromatic carbocycles. The molecule has 3 rings (SSSR count). The minimum absolute atomic E-state index is 0.261. The maximum absolute atomic E-state index is 14.1. The molecule has 0 spiro atoms. The van der Waals surface area contributed by atoms with Crippen LogP contribution in [0.1, 0.15) is 10.4 Å². The van der Waals surface area contributed by atoms with Gasteiger partial charge < -0.3 is 4.74 Å². The van der Waals surface area contributed by atoms with Crippen LogP contribution in [0.3, 0.4) is 0 Å². The van der Waals surface area contributed by atoms with E-state index in [2.05, 4.69) is 25.7 Å². The van der Waals surface area contributed by atoms with Crippen molar-refractivity contribution in [2.45, 2.75) is 0 Å². The fraction of sp³-hybridized carbons (Fsp3) is 0.0667. The molecule has 0 aliphatic carbocycles. The molecule has 0 saturated carbocycles. The molecule has 0 N–H and O–H groups in total. The van der Waals surface area contributed by atoms with E-state index in [0.717, 1.165) is 0 Å². The van der Waals surface area contributed by atoms with Crippen LogP contribution in [0.15, 0.2) is 41.0 Å². The van der Waals surface area contributed by atoms with Gasteiger partial charge in [0.15, 0.2) is 0 Å². The summed E-state index contributed by atoms with van der Waals surface area (Å²) in [7, 11) is 1.30. The summed E-state index contributed by atoms with van der Waals surface area (Å²) < 4.78 is 20.9. The molecule has 22 heavy (non-hydrogen) atoms. The number of fused-ring (bicyclic) bond motifs is 1. The maximum Gasteiger partial charge on any atom is 0.338 e. The SMILES string of the molecule is COC(=O)c1ccn2c(Cl)c(-c3c(F)cccc3Br)nc2c1. The zero-order valence-electron chi connectivity index (χ0n) is 11.3. The molecule has 0 amide bonds. The summed E-state index contributed by atoms with van der Waals surface area (Å²) in [6.07, 6.45) is 1.59. The summed E-state index contributed by atoms with van der Waals surface area (Å²) in [5.41, 5.74) is 1.35. The second-order valence-electron chi connectivity index (χ2n) is 4.48. The van der Waals surface area contributed by atoms with E-state index in [4.69, 9.17) is 11.6 Å². The van der Waals surface area contributed by atoms with Crippen molar-refractivity contribution in [1.29, 1.82) is 0 Å². The molecule has 0 fully saturated rings. The summed E-state index contributed by atoms with van der Waals surface area (Å²) >= 11 is 9.60. The van der Waals surface area contributed by atoms with E-state index in [0.29, 0.717) is 21.4 Å². The van der Waals surface area contributed by atoms with Gasteiger partial charge in [-0.05, 0) is 40.2 Å². The Morgan fingerprint density at radius 3 is 2.86 bits per heavy atom. The van der Waals surface area contributed by atoms with Crippen molar-refractivity contribution < 1.29 is 13.9 Å². The van der Waals surface area contributed by atoms with E-state index in [1.54, 1.807) is 28.8 Å². The van der Waals surface area contributed by atoms with Gasteiger partial charge >= 0.3 is 5.97 Å². The first-order valence-electron chi connectivity index (χ1n) is 6.23. The Morgan fingerprint density at radius 1 is 1.41 bits per heavy atom. The van der Waals surface area contributed by atoms with Crippen molar-refractivity contribution >= 4 is 39.1 Å². The third-order valence-electron chi connectivity index (χ3n) is 3.19. The number of hydrogen-bond donors (Lipinski definition) is 0. The number of nitrogens with zero attached hydrogens (tertiary/aromatic N) is 2. The number of halogens is 3. The van der Waals surface area contributed by atoms with Crippen LogP contribution >= 0.6 is 27.5 Å². The number of benzene rings is 1. The fourth-order valence-corrected chi connectivity index (χ4v) is 2.95. The van der Waals surface area contributed by atoms with E-state index >= 15 is 0 Å². The lowest BCUT2D eigenvalue weighted by molar-refractivity contribution is 0.0600. The topological polar surface area (TPSA) is 43.6 Å². The molecule has 0 bridgehead atoms. The van der Waals surface area contributed by atoms with Crippen LogP contribution < -0.4 is 0 Å². The van der Waals surface area contributed by atoms with E-state index in [1.807, 2.05) is 0 Å². The monoisotopic (exact) mass is 382 g/mol. The van der Waals surface area contributed by atoms with Gasteiger partial charge in [0.1, 0.15) is 22.3 Å². The number of pyridine rings is 1. The van der Waals surface area contributed by atoms with Crippen molar-refractivity contribution in [2.75, 3.05) is 7.11 Å². The average molecular weight is 384 g/mol. The van der Waals surface area contributed by atoms with Crippen LogP contribution in [-0.4, -0.2) is 22.5 Å². The molecule has 0 aliphatic rings. The van der Waals surface area contributed by atoms with Crippen LogP contribution in [0.4, 0.5) is 4.39 Å². The Bertz CT molecular complexity index is 874. The van der Waals surface area contributed by atoms with Gasteiger partial charge in [-0.15, -0.1) is 0 Å². The number of ether oxygens (including phenoxy) is 1. The lowest BCUT2D eigenvalue weighted by Crippen LogP contribution is -2.01. The predicted molar refractivity (Wildman–Crippen MR) is 84.6 cm³/mol. The number of methoxy groups -OCH3 is 1. The number of hydrogen-bond acceptors (Lipinski definition) is 3. The zero-order chi connectivity index (χ0) is 15.9. The normalized spacial score (nSPS) is 10.9. The summed E-state index contributed by atoms with van der Waals surface area (Å²) in [5.74, 6) is -0.914. The van der Waals surface area contributed by atoms with Crippen LogP contribution in [0.2, 0.25) is 5.15 Å². The summed E-state index contributed by atoms with van der Waals surface area (Å²) in [6.45, 7) is 0. The van der Waals surface area contributed by atoms with Gasteiger partial charge in [-0.1, -0.05) is 17.7 Å². The number of esters is 1. The lowest BCUT2D eigenvalue weighted by atomic mass is 10.1. The first-order chi connectivity index (χ1) is 10.5. The maximum atomic E-state index is 14.1. The van der Waals surface area contributed by atoms with E-state index in [9.17, 15) is 9.18 Å². The summed E-state index contributed by atoms with van der Waals surface area (Å²) in [6, 6.07) is 7.73. The highest BCUT2D eigenvalue weighted by molar-refractivity contribution is 9.10. The van der Waals surface area contributed by atoms with Crippen molar-refractivity contribution in [3.8, 4) is 11.3 Å². The Balaban J connectivity index is 2.24. The Labute approximate surface area is 138 Å². The quantitative estimate of drug-likeness (QED) is 0.618. The van der Waals surface area contributed by atoms with Crippen LogP contribution in [0, 0.1) is 5.82 Å². The van der Waals surface area contributed by atoms with Crippen LogP contribution in [0.5, 0.6) is 0 Å². The zero-order valence-corrected chi connectivity index (χ0v) is 13.7. The number of rotatable bonds is 2. The smallest absolute Gasteiger partial charge is 0.338 e. The Hall–Kier alpha value is -1.92. The van der Waals surface area contributed by atoms with Gasteiger partial charge in [0.05, 0.1) is 18.2 Å². The molecule has 7 heteroatoms. The van der Waals surface area contributed by atoms with Crippen molar-refractivity contribution in [3.63, 3.8) is 0 Å². The largest absolute Gasteiger partial charge is 0.465 e. The van der Waals surface area contributed by atoms with E-state index < -0.39 is 11.8 Å². The Kier molecular flexibility index (Phi) is 3.88. The van der Waals surface area contributed by atoms with Gasteiger partial charge in [-0.2, -0.15) is 0 Å². The lowest BCUT2D eigenvalue weighted by Gasteiger charge is -2.03. The number of imidazole rings is 1. The van der Waals surface area contributed by atoms with Crippen LogP contribution in [0.25, 0.3) is 16.9 Å². The highest BCUT2D eigenvalue weighted by atomic mass is 79.9. The molecule has 112 valence electrons. The molecule has 0 atom stereocenters. The van der Waals surface area contributed by atoms with Crippen molar-refractivity contribution in [3.05, 3.63) is 57.5 Å². The molecular weight excluding hydrogens is 375 g/mol. The second-order valence-corrected chi connectivity index (χ2v) is 5.70. The van der Waals surface area contributed by atoms with E-state index in [1.165, 1.54) is 19.2 Å². The predicted octanol–water partition coefficient (Wildman–Crippen LogP) is 4.34. The molecule has 2 aromatic heterocycles. The molecule has 3 aromatic rings. The average Bonchev–Trinajstić information content (AvgIpc) is 2.83. The second kappa shape index (κ2) is 5.70. The first-order valence-corrected chi connectivity index (χ1v) is 7.40. The third-order valence-corrected chi connectivity index (χ3v) is 4.21. The molecule has 0 saturated heterocycles. The molecule has 0 radical (unpaired) electrons. The van der Waals surface area contributed by atoms with Gasteiger partial charge in [0.2, 0.25) is 0 Å². The first kappa shape index (κ1) is 15.0. The molecule has 0 aliphatic heterocycles. The van der Waals surface area contributed by atoms with Gasteiger partial charge in [-0.25, -0.2) is 14.2 Å². The molecule has 4 nitrogen and oxygen atoms in total. The van der Waals surface area contributed by atoms with E-state index in [-0.39, 0.29) is 10.7 Å².